The zero-order valence-corrected chi connectivity index (χ0v) is 20.7. The summed E-state index contributed by atoms with van der Waals surface area (Å²) in [6.07, 6.45) is 0. The molecule has 1 atom stereocenters. The molecular formula is C34H23NSi. The van der Waals surface area contributed by atoms with Gasteiger partial charge in [-0.2, -0.15) is 0 Å². The molecule has 1 unspecified atom stereocenters. The van der Waals surface area contributed by atoms with E-state index in [4.69, 9.17) is 0 Å². The normalized spacial score (nSPS) is 16.9. The van der Waals surface area contributed by atoms with Gasteiger partial charge in [0.25, 0.3) is 8.24 Å². The minimum Gasteiger partial charge on any atom is -0.355 e. The van der Waals surface area contributed by atoms with Crippen molar-refractivity contribution in [2.24, 2.45) is 0 Å². The second kappa shape index (κ2) is 7.30. The zero-order chi connectivity index (χ0) is 23.7. The van der Waals surface area contributed by atoms with Crippen molar-refractivity contribution in [2.75, 3.05) is 4.57 Å². The minimum atomic E-state index is -2.67. The van der Waals surface area contributed by atoms with E-state index in [9.17, 15) is 0 Å². The fourth-order valence-electron chi connectivity index (χ4n) is 6.59. The zero-order valence-electron chi connectivity index (χ0n) is 19.7. The Morgan fingerprint density at radius 2 is 0.917 bits per heavy atom. The minimum absolute atomic E-state index is 1.28. The summed E-state index contributed by atoms with van der Waals surface area (Å²) in [6.45, 7) is 0. The van der Waals surface area contributed by atoms with E-state index in [0.29, 0.717) is 0 Å². The molecule has 0 aromatic heterocycles. The smallest absolute Gasteiger partial charge is 0.258 e. The van der Waals surface area contributed by atoms with Crippen molar-refractivity contribution in [3.05, 3.63) is 140 Å². The Morgan fingerprint density at radius 1 is 0.389 bits per heavy atom. The van der Waals surface area contributed by atoms with E-state index in [1.165, 1.54) is 60.0 Å². The molecule has 2 heterocycles. The average Bonchev–Trinajstić information content (AvgIpc) is 2.96. The van der Waals surface area contributed by atoms with E-state index in [1.54, 1.807) is 0 Å². The third-order valence-corrected chi connectivity index (χ3v) is 12.7. The van der Waals surface area contributed by atoms with E-state index < -0.39 is 8.24 Å². The third kappa shape index (κ3) is 2.44. The summed E-state index contributed by atoms with van der Waals surface area (Å²) in [5.41, 5.74) is 7.96. The summed E-state index contributed by atoms with van der Waals surface area (Å²) in [5, 5.41) is 6.90. The van der Waals surface area contributed by atoms with Crippen LogP contribution in [0.2, 0.25) is 0 Å². The third-order valence-electron chi connectivity index (χ3n) is 7.99. The van der Waals surface area contributed by atoms with Crippen LogP contribution in [0.5, 0.6) is 0 Å². The van der Waals surface area contributed by atoms with Gasteiger partial charge in [-0.3, -0.25) is 0 Å². The molecule has 2 aliphatic rings. The van der Waals surface area contributed by atoms with Gasteiger partial charge in [-0.15, -0.1) is 0 Å². The number of hydrogen-bond acceptors (Lipinski definition) is 1. The predicted octanol–water partition coefficient (Wildman–Crippen LogP) is 6.61. The van der Waals surface area contributed by atoms with Crippen molar-refractivity contribution >= 4 is 45.9 Å². The van der Waals surface area contributed by atoms with Crippen LogP contribution in [0.25, 0.3) is 33.0 Å². The molecule has 0 bridgehead atoms. The van der Waals surface area contributed by atoms with Crippen LogP contribution in [-0.2, 0) is 0 Å². The first kappa shape index (κ1) is 19.9. The van der Waals surface area contributed by atoms with Gasteiger partial charge in [-0.1, -0.05) is 121 Å². The first-order valence-corrected chi connectivity index (χ1v) is 14.5. The van der Waals surface area contributed by atoms with Crippen LogP contribution in [0.3, 0.4) is 0 Å². The molecule has 0 N–H and O–H groups in total. The number of anilines is 2. The van der Waals surface area contributed by atoms with Gasteiger partial charge in [0.1, 0.15) is 0 Å². The van der Waals surface area contributed by atoms with Crippen LogP contribution in [0.4, 0.5) is 11.4 Å². The Bertz CT molecular complexity index is 1810. The number of hydrogen-bond donors (Lipinski definition) is 0. The fourth-order valence-corrected chi connectivity index (χ4v) is 11.9. The number of rotatable bonds is 1. The molecule has 1 nitrogen and oxygen atoms in total. The number of nitrogens with zero attached hydrogens (tertiary/aromatic N) is 1. The largest absolute Gasteiger partial charge is 0.355 e. The Labute approximate surface area is 212 Å². The summed E-state index contributed by atoms with van der Waals surface area (Å²) in [4.78, 5) is 0. The van der Waals surface area contributed by atoms with Crippen molar-refractivity contribution in [3.63, 3.8) is 0 Å². The maximum absolute atomic E-state index is 2.75. The Balaban J connectivity index is 1.63. The van der Waals surface area contributed by atoms with Crippen LogP contribution in [0, 0.1) is 0 Å². The van der Waals surface area contributed by atoms with Gasteiger partial charge in [0.2, 0.25) is 0 Å². The fraction of sp³-hybridized carbons (Fsp3) is 0. The van der Waals surface area contributed by atoms with Gasteiger partial charge in [0, 0.05) is 22.5 Å². The highest BCUT2D eigenvalue weighted by atomic mass is 28.3. The summed E-state index contributed by atoms with van der Waals surface area (Å²) in [5.74, 6) is 0. The summed E-state index contributed by atoms with van der Waals surface area (Å²) >= 11 is 0. The predicted molar refractivity (Wildman–Crippen MR) is 154 cm³/mol. The van der Waals surface area contributed by atoms with Crippen molar-refractivity contribution in [1.29, 1.82) is 0 Å². The topological polar surface area (TPSA) is 3.24 Å². The van der Waals surface area contributed by atoms with E-state index >= 15 is 0 Å². The number of fused-ring (bicyclic) bond motifs is 12. The standard InChI is InChI=1S/C34H23NSi/c1-2-14-26(15-3-1)36-33-20-10-7-17-28(33)27-16-6-9-19-31(27)35(36)32-23-25-13-5-4-12-24(25)22-30(32)29-18-8-11-21-34(29)36/h1-23H. The molecule has 168 valence electrons. The van der Waals surface area contributed by atoms with Crippen LogP contribution >= 0.6 is 0 Å². The molecule has 8 rings (SSSR count). The molecule has 2 heteroatoms. The van der Waals surface area contributed by atoms with Crippen molar-refractivity contribution in [1.82, 2.24) is 0 Å². The monoisotopic (exact) mass is 473 g/mol. The van der Waals surface area contributed by atoms with Gasteiger partial charge in [0.15, 0.2) is 0 Å². The summed E-state index contributed by atoms with van der Waals surface area (Å²) < 4.78 is 2.75. The summed E-state index contributed by atoms with van der Waals surface area (Å²) in [6, 6.07) is 52.1. The molecule has 36 heavy (non-hydrogen) atoms. The quantitative estimate of drug-likeness (QED) is 0.243. The molecule has 0 amide bonds. The second-order valence-corrected chi connectivity index (χ2v) is 13.3. The van der Waals surface area contributed by atoms with Crippen molar-refractivity contribution in [3.8, 4) is 22.3 Å². The highest BCUT2D eigenvalue weighted by Gasteiger charge is 2.54. The van der Waals surface area contributed by atoms with E-state index in [0.717, 1.165) is 0 Å². The van der Waals surface area contributed by atoms with E-state index in [1.807, 2.05) is 0 Å². The van der Waals surface area contributed by atoms with Crippen LogP contribution in [0.15, 0.2) is 140 Å². The van der Waals surface area contributed by atoms with Crippen molar-refractivity contribution < 1.29 is 0 Å². The first-order chi connectivity index (χ1) is 17.9. The molecule has 0 aliphatic carbocycles. The lowest BCUT2D eigenvalue weighted by Crippen LogP contribution is -2.79. The lowest BCUT2D eigenvalue weighted by atomic mass is 9.97. The highest BCUT2D eigenvalue weighted by Crippen LogP contribution is 2.49. The molecule has 0 radical (unpaired) electrons. The number of benzene rings is 6. The van der Waals surface area contributed by atoms with Gasteiger partial charge < -0.3 is 4.57 Å². The van der Waals surface area contributed by atoms with Crippen LogP contribution in [0.1, 0.15) is 0 Å². The van der Waals surface area contributed by atoms with E-state index in [2.05, 4.69) is 144 Å². The number of para-hydroxylation sites is 1. The highest BCUT2D eigenvalue weighted by molar-refractivity contribution is 7.16. The lowest BCUT2D eigenvalue weighted by Gasteiger charge is -2.52. The molecule has 6 aromatic rings. The Morgan fingerprint density at radius 3 is 1.64 bits per heavy atom. The van der Waals surface area contributed by atoms with Crippen molar-refractivity contribution in [2.45, 2.75) is 0 Å². The molecule has 0 saturated carbocycles. The maximum Gasteiger partial charge on any atom is 0.258 e. The molecule has 0 fully saturated rings. The van der Waals surface area contributed by atoms with Gasteiger partial charge in [0.05, 0.1) is 0 Å². The molecule has 2 aliphatic heterocycles. The van der Waals surface area contributed by atoms with Gasteiger partial charge in [-0.25, -0.2) is 0 Å². The molecular weight excluding hydrogens is 450 g/mol. The Kier molecular flexibility index (Phi) is 4.03. The average molecular weight is 474 g/mol. The summed E-state index contributed by atoms with van der Waals surface area (Å²) in [7, 11) is -2.67. The Hall–Kier alpha value is -4.40. The van der Waals surface area contributed by atoms with Gasteiger partial charge >= 0.3 is 0 Å². The molecule has 6 aromatic carbocycles. The molecule has 0 spiro atoms. The maximum atomic E-state index is 2.75. The first-order valence-electron chi connectivity index (χ1n) is 12.5. The molecule has 0 saturated heterocycles. The van der Waals surface area contributed by atoms with E-state index in [-0.39, 0.29) is 0 Å². The lowest BCUT2D eigenvalue weighted by molar-refractivity contribution is 1.33. The SMILES string of the molecule is c1ccc([Si]23c4ccccc4-c4ccccc4N2c2cc4ccccc4cc2-c2ccccc23)cc1. The second-order valence-electron chi connectivity index (χ2n) is 9.74. The van der Waals surface area contributed by atoms with Crippen LogP contribution in [-0.4, -0.2) is 8.24 Å². The van der Waals surface area contributed by atoms with Gasteiger partial charge in [-0.05, 0) is 55.7 Å². The van der Waals surface area contributed by atoms with Crippen LogP contribution < -0.4 is 20.1 Å².